The predicted octanol–water partition coefficient (Wildman–Crippen LogP) is 5.63. The molecule has 0 aromatic heterocycles. The number of carbonyl (C=O) groups excluding carboxylic acids is 1. The lowest BCUT2D eigenvalue weighted by atomic mass is 9.98. The fraction of sp³-hybridized carbons (Fsp3) is 0.105. The van der Waals surface area contributed by atoms with Gasteiger partial charge >= 0.3 is 0 Å². The quantitative estimate of drug-likeness (QED) is 0.553. The van der Waals surface area contributed by atoms with Crippen LogP contribution in [0, 0.1) is 5.82 Å². The van der Waals surface area contributed by atoms with Gasteiger partial charge in [0.05, 0.1) is 34.2 Å². The Labute approximate surface area is 154 Å². The lowest BCUT2D eigenvalue weighted by molar-refractivity contribution is -0.110. The van der Waals surface area contributed by atoms with Gasteiger partial charge in [-0.25, -0.2) is 4.39 Å². The van der Waals surface area contributed by atoms with Crippen molar-refractivity contribution in [3.8, 4) is 0 Å². The number of halogens is 3. The number of rotatable bonds is 4. The van der Waals surface area contributed by atoms with Crippen LogP contribution in [0.15, 0.2) is 36.6 Å². The van der Waals surface area contributed by atoms with Gasteiger partial charge in [-0.2, -0.15) is 0 Å². The van der Waals surface area contributed by atoms with Crippen LogP contribution in [0.25, 0.3) is 17.7 Å². The normalized spacial score (nSPS) is 14.9. The van der Waals surface area contributed by atoms with Crippen LogP contribution in [0.2, 0.25) is 10.0 Å². The molecule has 0 aliphatic carbocycles. The summed E-state index contributed by atoms with van der Waals surface area (Å²) in [5.74, 6) is -0.636. The Bertz CT molecular complexity index is 889. The summed E-state index contributed by atoms with van der Waals surface area (Å²) >= 11 is 12.4. The van der Waals surface area contributed by atoms with Gasteiger partial charge in [-0.15, -0.1) is 0 Å². The molecule has 0 saturated carbocycles. The van der Waals surface area contributed by atoms with Crippen molar-refractivity contribution in [1.29, 1.82) is 0 Å². The van der Waals surface area contributed by atoms with Crippen LogP contribution in [0.4, 0.5) is 10.1 Å². The minimum atomic E-state index is -0.339. The van der Waals surface area contributed by atoms with Gasteiger partial charge in [0.2, 0.25) is 0 Å². The Morgan fingerprint density at radius 2 is 1.96 bits per heavy atom. The summed E-state index contributed by atoms with van der Waals surface area (Å²) in [7, 11) is 0. The first-order valence-corrected chi connectivity index (χ1v) is 8.36. The molecule has 0 unspecified atom stereocenters. The molecule has 2 aromatic rings. The molecule has 25 heavy (non-hydrogen) atoms. The smallest absolute Gasteiger partial charge is 0.256 e. The summed E-state index contributed by atoms with van der Waals surface area (Å²) in [4.78, 5) is 12.4. The third-order valence-electron chi connectivity index (χ3n) is 3.69. The Morgan fingerprint density at radius 3 is 2.64 bits per heavy atom. The second-order valence-corrected chi connectivity index (χ2v) is 6.12. The average Bonchev–Trinajstić information content (AvgIpc) is 2.91. The number of nitrogens with one attached hydrogen (secondary N) is 1. The number of carbonyl (C=O) groups is 1. The third kappa shape index (κ3) is 3.55. The summed E-state index contributed by atoms with van der Waals surface area (Å²) in [6.45, 7) is 2.39. The van der Waals surface area contributed by atoms with Crippen molar-refractivity contribution >= 4 is 52.5 Å². The van der Waals surface area contributed by atoms with E-state index in [1.807, 2.05) is 6.92 Å². The minimum Gasteiger partial charge on any atom is -0.501 e. The molecule has 0 atom stereocenters. The molecule has 1 aliphatic heterocycles. The first kappa shape index (κ1) is 17.5. The number of ether oxygens (including phenoxy) is 1. The van der Waals surface area contributed by atoms with Gasteiger partial charge in [-0.3, -0.25) is 4.79 Å². The summed E-state index contributed by atoms with van der Waals surface area (Å²) in [5, 5.41) is 3.36. The van der Waals surface area contributed by atoms with E-state index < -0.39 is 0 Å². The first-order chi connectivity index (χ1) is 12.0. The van der Waals surface area contributed by atoms with Crippen LogP contribution in [-0.4, -0.2) is 12.5 Å². The largest absolute Gasteiger partial charge is 0.501 e. The summed E-state index contributed by atoms with van der Waals surface area (Å²) in [6, 6.07) is 7.55. The van der Waals surface area contributed by atoms with E-state index in [2.05, 4.69) is 5.32 Å². The van der Waals surface area contributed by atoms with Gasteiger partial charge in [0.1, 0.15) is 5.82 Å². The van der Waals surface area contributed by atoms with Crippen LogP contribution >= 0.6 is 23.2 Å². The van der Waals surface area contributed by atoms with Crippen LogP contribution in [0.5, 0.6) is 0 Å². The second-order valence-electron chi connectivity index (χ2n) is 5.33. The van der Waals surface area contributed by atoms with E-state index in [9.17, 15) is 9.18 Å². The van der Waals surface area contributed by atoms with E-state index in [0.717, 1.165) is 0 Å². The summed E-state index contributed by atoms with van der Waals surface area (Å²) < 4.78 is 18.3. The van der Waals surface area contributed by atoms with Crippen LogP contribution in [0.1, 0.15) is 23.6 Å². The highest BCUT2D eigenvalue weighted by atomic mass is 35.5. The van der Waals surface area contributed by atoms with Crippen molar-refractivity contribution < 1.29 is 13.9 Å². The molecule has 128 valence electrons. The zero-order valence-corrected chi connectivity index (χ0v) is 14.8. The van der Waals surface area contributed by atoms with E-state index in [-0.39, 0.29) is 16.7 Å². The monoisotopic (exact) mass is 377 g/mol. The molecular formula is C19H14Cl2FNO2. The van der Waals surface area contributed by atoms with Gasteiger partial charge in [0.25, 0.3) is 5.91 Å². The van der Waals surface area contributed by atoms with Crippen molar-refractivity contribution in [3.63, 3.8) is 0 Å². The Morgan fingerprint density at radius 1 is 1.24 bits per heavy atom. The lowest BCUT2D eigenvalue weighted by Crippen LogP contribution is -2.03. The van der Waals surface area contributed by atoms with Gasteiger partial charge in [0.15, 0.2) is 0 Å². The molecular weight excluding hydrogens is 364 g/mol. The highest BCUT2D eigenvalue weighted by molar-refractivity contribution is 6.47. The molecule has 1 aliphatic rings. The molecule has 0 radical (unpaired) electrons. The molecule has 2 aromatic carbocycles. The van der Waals surface area contributed by atoms with E-state index >= 15 is 0 Å². The highest BCUT2D eigenvalue weighted by Gasteiger charge is 2.30. The van der Waals surface area contributed by atoms with Crippen molar-refractivity contribution in [2.45, 2.75) is 6.92 Å². The third-order valence-corrected chi connectivity index (χ3v) is 4.48. The number of benzene rings is 2. The Hall–Kier alpha value is -2.30. The van der Waals surface area contributed by atoms with Crippen molar-refractivity contribution in [3.05, 3.63) is 69.1 Å². The molecule has 1 N–H and O–H groups in total. The lowest BCUT2D eigenvalue weighted by Gasteiger charge is -2.08. The van der Waals surface area contributed by atoms with Crippen LogP contribution < -0.4 is 5.32 Å². The number of fused-ring (bicyclic) bond motifs is 1. The topological polar surface area (TPSA) is 38.3 Å². The molecule has 3 rings (SSSR count). The van der Waals surface area contributed by atoms with Crippen molar-refractivity contribution in [2.24, 2.45) is 0 Å². The van der Waals surface area contributed by atoms with Gasteiger partial charge < -0.3 is 10.1 Å². The highest BCUT2D eigenvalue weighted by Crippen LogP contribution is 2.44. The second kappa shape index (κ2) is 7.30. The zero-order valence-electron chi connectivity index (χ0n) is 13.3. The maximum Gasteiger partial charge on any atom is 0.256 e. The van der Waals surface area contributed by atoms with Gasteiger partial charge in [0, 0.05) is 5.56 Å². The molecule has 0 fully saturated rings. The number of hydrogen-bond acceptors (Lipinski definition) is 2. The molecule has 1 heterocycles. The van der Waals surface area contributed by atoms with Gasteiger partial charge in [-0.1, -0.05) is 35.3 Å². The fourth-order valence-corrected chi connectivity index (χ4v) is 2.97. The molecule has 0 bridgehead atoms. The van der Waals surface area contributed by atoms with Crippen molar-refractivity contribution in [1.82, 2.24) is 0 Å². The standard InChI is InChI=1S/C19H14Cl2FNO2/c1-2-25-8-7-12-10-15(20)17(21)18-16(12)14(19(24)23-18)9-11-3-5-13(22)6-4-11/h3-10H,2H2,1H3,(H,23,24)/b8-7-,14-9-. The van der Waals surface area contributed by atoms with Crippen molar-refractivity contribution in [2.75, 3.05) is 11.9 Å². The van der Waals surface area contributed by atoms with E-state index in [0.29, 0.717) is 39.6 Å². The number of amides is 1. The van der Waals surface area contributed by atoms with Gasteiger partial charge in [-0.05, 0) is 48.4 Å². The summed E-state index contributed by atoms with van der Waals surface area (Å²) in [5.41, 5.74) is 2.93. The molecule has 3 nitrogen and oxygen atoms in total. The zero-order chi connectivity index (χ0) is 18.0. The fourth-order valence-electron chi connectivity index (χ4n) is 2.56. The average molecular weight is 378 g/mol. The number of hydrogen-bond donors (Lipinski definition) is 1. The molecule has 0 saturated heterocycles. The molecule has 6 heteroatoms. The summed E-state index contributed by atoms with van der Waals surface area (Å²) in [6.07, 6.45) is 4.95. The van der Waals surface area contributed by atoms with E-state index in [1.54, 1.807) is 30.4 Å². The molecule has 1 amide bonds. The molecule has 0 spiro atoms. The SMILES string of the molecule is CCO/C=C\c1cc(Cl)c(Cl)c2c1/C(=C/c1ccc(F)cc1)C(=O)N2. The van der Waals surface area contributed by atoms with Crippen LogP contribution in [-0.2, 0) is 9.53 Å². The Balaban J connectivity index is 2.15. The Kier molecular flexibility index (Phi) is 5.11. The minimum absolute atomic E-state index is 0.279. The predicted molar refractivity (Wildman–Crippen MR) is 100 cm³/mol. The first-order valence-electron chi connectivity index (χ1n) is 7.60. The van der Waals surface area contributed by atoms with E-state index in [4.69, 9.17) is 27.9 Å². The maximum atomic E-state index is 13.1. The maximum absolute atomic E-state index is 13.1. The van der Waals surface area contributed by atoms with E-state index in [1.165, 1.54) is 18.4 Å². The number of anilines is 1. The van der Waals surface area contributed by atoms with Crippen LogP contribution in [0.3, 0.4) is 0 Å².